The molecule has 0 aromatic heterocycles. The molecule has 1 aromatic rings. The molecule has 3 heteroatoms. The number of para-hydroxylation sites is 2. The summed E-state index contributed by atoms with van der Waals surface area (Å²) in [5.41, 5.74) is 0. The molecule has 114 valence electrons. The number of hydrogen-bond donors (Lipinski definition) is 0. The molecule has 0 N–H and O–H groups in total. The maximum absolute atomic E-state index is 5.80. The van der Waals surface area contributed by atoms with Gasteiger partial charge < -0.3 is 9.47 Å². The number of ether oxygens (including phenoxy) is 2. The Morgan fingerprint density at radius 2 is 1.35 bits per heavy atom. The van der Waals surface area contributed by atoms with Crippen molar-refractivity contribution in [2.75, 3.05) is 18.5 Å². The van der Waals surface area contributed by atoms with E-state index in [0.29, 0.717) is 6.61 Å². The van der Waals surface area contributed by atoms with Gasteiger partial charge in [-0.15, -0.1) is 0 Å². The number of alkyl halides is 1. The highest BCUT2D eigenvalue weighted by atomic mass is 79.9. The molecule has 1 aromatic carbocycles. The minimum Gasteiger partial charge on any atom is -0.490 e. The van der Waals surface area contributed by atoms with E-state index in [9.17, 15) is 0 Å². The molecule has 0 saturated carbocycles. The van der Waals surface area contributed by atoms with Crippen LogP contribution in [-0.4, -0.2) is 18.5 Å². The van der Waals surface area contributed by atoms with Gasteiger partial charge in [-0.2, -0.15) is 0 Å². The molecule has 0 aliphatic carbocycles. The Balaban J connectivity index is 2.06. The molecule has 1 rings (SSSR count). The first-order valence-electron chi connectivity index (χ1n) is 7.79. The van der Waals surface area contributed by atoms with Crippen molar-refractivity contribution in [3.05, 3.63) is 24.3 Å². The van der Waals surface area contributed by atoms with E-state index in [-0.39, 0.29) is 0 Å². The van der Waals surface area contributed by atoms with Crippen molar-refractivity contribution in [1.82, 2.24) is 0 Å². The molecule has 0 aliphatic rings. The second-order valence-electron chi connectivity index (χ2n) is 4.89. The predicted octanol–water partition coefficient (Wildman–Crippen LogP) is 5.59. The van der Waals surface area contributed by atoms with Gasteiger partial charge in [-0.3, -0.25) is 0 Å². The third-order valence-electron chi connectivity index (χ3n) is 3.18. The average molecular weight is 343 g/mol. The highest BCUT2D eigenvalue weighted by Crippen LogP contribution is 2.26. The lowest BCUT2D eigenvalue weighted by Gasteiger charge is -2.11. The van der Waals surface area contributed by atoms with Crippen molar-refractivity contribution in [1.29, 1.82) is 0 Å². The van der Waals surface area contributed by atoms with Crippen LogP contribution in [0.25, 0.3) is 0 Å². The van der Waals surface area contributed by atoms with Crippen LogP contribution in [0.4, 0.5) is 0 Å². The van der Waals surface area contributed by atoms with Crippen molar-refractivity contribution in [2.45, 2.75) is 51.9 Å². The van der Waals surface area contributed by atoms with E-state index in [4.69, 9.17) is 9.47 Å². The maximum atomic E-state index is 5.80. The van der Waals surface area contributed by atoms with Crippen molar-refractivity contribution in [2.24, 2.45) is 0 Å². The van der Waals surface area contributed by atoms with Gasteiger partial charge >= 0.3 is 0 Å². The lowest BCUT2D eigenvalue weighted by atomic mass is 10.1. The Labute approximate surface area is 132 Å². The molecular weight excluding hydrogens is 316 g/mol. The fourth-order valence-electron chi connectivity index (χ4n) is 2.11. The molecule has 0 radical (unpaired) electrons. The summed E-state index contributed by atoms with van der Waals surface area (Å²) in [5, 5.41) is 1.14. The fourth-order valence-corrected chi connectivity index (χ4v) is 2.50. The normalized spacial score (nSPS) is 10.5. The zero-order valence-corrected chi connectivity index (χ0v) is 14.2. The van der Waals surface area contributed by atoms with Crippen LogP contribution in [0.3, 0.4) is 0 Å². The molecule has 0 spiro atoms. The fraction of sp³-hybridized carbons (Fsp3) is 0.647. The monoisotopic (exact) mass is 342 g/mol. The third kappa shape index (κ3) is 7.78. The van der Waals surface area contributed by atoms with Gasteiger partial charge in [0, 0.05) is 5.33 Å². The number of benzene rings is 1. The summed E-state index contributed by atoms with van der Waals surface area (Å²) < 4.78 is 11.3. The topological polar surface area (TPSA) is 18.5 Å². The van der Waals surface area contributed by atoms with Crippen LogP contribution in [0.1, 0.15) is 51.9 Å². The minimum atomic E-state index is 0.675. The molecule has 0 bridgehead atoms. The van der Waals surface area contributed by atoms with Gasteiger partial charge in [0.2, 0.25) is 0 Å². The summed E-state index contributed by atoms with van der Waals surface area (Å²) in [4.78, 5) is 0. The first kappa shape index (κ1) is 17.4. The predicted molar refractivity (Wildman–Crippen MR) is 89.2 cm³/mol. The number of rotatable bonds is 12. The molecule has 0 saturated heterocycles. The molecule has 0 amide bonds. The van der Waals surface area contributed by atoms with Crippen molar-refractivity contribution >= 4 is 15.9 Å². The van der Waals surface area contributed by atoms with Gasteiger partial charge in [0.15, 0.2) is 11.5 Å². The summed E-state index contributed by atoms with van der Waals surface area (Å²) in [6.07, 6.45) is 9.06. The number of unbranched alkanes of at least 4 members (excludes halogenated alkanes) is 6. The summed E-state index contributed by atoms with van der Waals surface area (Å²) in [6.45, 7) is 3.45. The van der Waals surface area contributed by atoms with Crippen LogP contribution in [0, 0.1) is 0 Å². The Kier molecular flexibility index (Phi) is 10.5. The van der Waals surface area contributed by atoms with E-state index in [2.05, 4.69) is 15.9 Å². The van der Waals surface area contributed by atoms with Gasteiger partial charge in [0.25, 0.3) is 0 Å². The highest BCUT2D eigenvalue weighted by Gasteiger charge is 2.02. The van der Waals surface area contributed by atoms with Crippen molar-refractivity contribution < 1.29 is 9.47 Å². The molecule has 2 nitrogen and oxygen atoms in total. The second kappa shape index (κ2) is 12.1. The Morgan fingerprint density at radius 3 is 1.95 bits per heavy atom. The van der Waals surface area contributed by atoms with Crippen LogP contribution >= 0.6 is 15.9 Å². The zero-order valence-electron chi connectivity index (χ0n) is 12.6. The lowest BCUT2D eigenvalue weighted by molar-refractivity contribution is 0.270. The largest absolute Gasteiger partial charge is 0.490 e. The standard InChI is InChI=1S/C17H27BrO2/c1-2-19-16-12-8-9-13-17(16)20-15-11-7-5-3-4-6-10-14-18/h8-9,12-13H,2-7,10-11,14-15H2,1H3. The zero-order chi connectivity index (χ0) is 14.5. The first-order valence-corrected chi connectivity index (χ1v) is 8.91. The molecule has 20 heavy (non-hydrogen) atoms. The SMILES string of the molecule is CCOc1ccccc1OCCCCCCCCCBr. The molecule has 0 fully saturated rings. The maximum Gasteiger partial charge on any atom is 0.161 e. The van der Waals surface area contributed by atoms with E-state index in [0.717, 1.165) is 29.9 Å². The van der Waals surface area contributed by atoms with E-state index < -0.39 is 0 Å². The van der Waals surface area contributed by atoms with Crippen LogP contribution in [0.5, 0.6) is 11.5 Å². The third-order valence-corrected chi connectivity index (χ3v) is 3.75. The van der Waals surface area contributed by atoms with E-state index >= 15 is 0 Å². The average Bonchev–Trinajstić information content (AvgIpc) is 2.47. The van der Waals surface area contributed by atoms with Gasteiger partial charge in [-0.05, 0) is 31.9 Å². The summed E-state index contributed by atoms with van der Waals surface area (Å²) in [5.74, 6) is 1.72. The van der Waals surface area contributed by atoms with Crippen molar-refractivity contribution in [3.8, 4) is 11.5 Å². The quantitative estimate of drug-likeness (QED) is 0.364. The Hall–Kier alpha value is -0.700. The summed E-state index contributed by atoms with van der Waals surface area (Å²) in [7, 11) is 0. The smallest absolute Gasteiger partial charge is 0.161 e. The molecule has 0 unspecified atom stereocenters. The van der Waals surface area contributed by atoms with Gasteiger partial charge in [-0.1, -0.05) is 60.2 Å². The number of hydrogen-bond acceptors (Lipinski definition) is 2. The Morgan fingerprint density at radius 1 is 0.800 bits per heavy atom. The van der Waals surface area contributed by atoms with E-state index in [1.165, 1.54) is 38.5 Å². The van der Waals surface area contributed by atoms with Gasteiger partial charge in [-0.25, -0.2) is 0 Å². The van der Waals surface area contributed by atoms with E-state index in [1.54, 1.807) is 0 Å². The Bertz CT molecular complexity index is 342. The first-order chi connectivity index (χ1) is 9.88. The van der Waals surface area contributed by atoms with Crippen LogP contribution in [-0.2, 0) is 0 Å². The molecule has 0 heterocycles. The van der Waals surface area contributed by atoms with Gasteiger partial charge in [0.1, 0.15) is 0 Å². The van der Waals surface area contributed by atoms with E-state index in [1.807, 2.05) is 31.2 Å². The van der Waals surface area contributed by atoms with Crippen molar-refractivity contribution in [3.63, 3.8) is 0 Å². The highest BCUT2D eigenvalue weighted by molar-refractivity contribution is 9.09. The molecular formula is C17H27BrO2. The van der Waals surface area contributed by atoms with Crippen LogP contribution in [0.15, 0.2) is 24.3 Å². The molecule has 0 aliphatic heterocycles. The lowest BCUT2D eigenvalue weighted by Crippen LogP contribution is -2.00. The summed E-state index contributed by atoms with van der Waals surface area (Å²) >= 11 is 3.47. The second-order valence-corrected chi connectivity index (χ2v) is 5.69. The van der Waals surface area contributed by atoms with Gasteiger partial charge in [0.05, 0.1) is 13.2 Å². The summed E-state index contributed by atoms with van der Waals surface area (Å²) in [6, 6.07) is 7.90. The minimum absolute atomic E-state index is 0.675. The molecule has 0 atom stereocenters. The van der Waals surface area contributed by atoms with Crippen LogP contribution in [0.2, 0.25) is 0 Å². The number of halogens is 1. The van der Waals surface area contributed by atoms with Crippen LogP contribution < -0.4 is 9.47 Å².